The second-order valence-corrected chi connectivity index (χ2v) is 3.32. The number of hydrogen-bond donors (Lipinski definition) is 4. The number of carboxylic acid groups (broad SMARTS) is 2. The molecule has 1 aromatic carbocycles. The number of hydrogen-bond acceptors (Lipinski definition) is 7. The largest absolute Gasteiger partial charge is 2.00 e. The minimum atomic E-state index is -2.00. The van der Waals surface area contributed by atoms with Gasteiger partial charge in [-0.05, 0) is 6.07 Å². The number of carbonyl (C=O) groups is 2. The van der Waals surface area contributed by atoms with Crippen molar-refractivity contribution in [1.82, 2.24) is 0 Å². The SMILES string of the molecule is O=C(O)c1ccccc1[O-].O=C([O-])[C@H](O)[C@@H](O)CO.[Sr+2].[Sr+2]. The van der Waals surface area contributed by atoms with Gasteiger partial charge in [-0.1, -0.05) is 23.9 Å². The molecule has 0 spiro atoms. The van der Waals surface area contributed by atoms with Gasteiger partial charge in [0.05, 0.1) is 18.1 Å². The van der Waals surface area contributed by atoms with Crippen LogP contribution in [0.15, 0.2) is 24.3 Å². The summed E-state index contributed by atoms with van der Waals surface area (Å²) in [5.41, 5.74) is -0.178. The van der Waals surface area contributed by atoms with Gasteiger partial charge in [-0.3, -0.25) is 0 Å². The molecule has 2 atom stereocenters. The van der Waals surface area contributed by atoms with E-state index < -0.39 is 36.5 Å². The maximum atomic E-state index is 10.7. The predicted octanol–water partition coefficient (Wildman–Crippen LogP) is -3.85. The molecule has 8 nitrogen and oxygen atoms in total. The molecule has 1 rings (SSSR count). The molecule has 0 aromatic heterocycles. The molecule has 0 aliphatic rings. The van der Waals surface area contributed by atoms with Gasteiger partial charge in [-0.15, -0.1) is 0 Å². The van der Waals surface area contributed by atoms with Crippen LogP contribution >= 0.6 is 0 Å². The van der Waals surface area contributed by atoms with E-state index in [9.17, 15) is 19.8 Å². The van der Waals surface area contributed by atoms with E-state index in [0.29, 0.717) is 0 Å². The van der Waals surface area contributed by atoms with Crippen LogP contribution in [0.2, 0.25) is 0 Å². The normalized spacial score (nSPS) is 11.6. The summed E-state index contributed by atoms with van der Waals surface area (Å²) in [5, 5.41) is 53.5. The van der Waals surface area contributed by atoms with Crippen molar-refractivity contribution in [3.05, 3.63) is 29.8 Å². The van der Waals surface area contributed by atoms with Crippen molar-refractivity contribution in [2.45, 2.75) is 12.2 Å². The second kappa shape index (κ2) is 14.4. The second-order valence-electron chi connectivity index (χ2n) is 3.32. The predicted molar refractivity (Wildman–Crippen MR) is 68.5 cm³/mol. The van der Waals surface area contributed by atoms with Gasteiger partial charge in [-0.2, -0.15) is 0 Å². The molecule has 1 aromatic rings. The zero-order valence-corrected chi connectivity index (χ0v) is 18.0. The van der Waals surface area contributed by atoms with Gasteiger partial charge in [0.1, 0.15) is 12.2 Å². The van der Waals surface area contributed by atoms with Crippen LogP contribution in [0.4, 0.5) is 0 Å². The Morgan fingerprint density at radius 2 is 1.62 bits per heavy atom. The van der Waals surface area contributed by atoms with Crippen LogP contribution in [0.1, 0.15) is 10.4 Å². The van der Waals surface area contributed by atoms with Crippen molar-refractivity contribution < 1.29 is 40.2 Å². The van der Waals surface area contributed by atoms with Crippen LogP contribution in [0.3, 0.4) is 0 Å². The molecule has 0 unspecified atom stereocenters. The Labute approximate surface area is 194 Å². The van der Waals surface area contributed by atoms with Gasteiger partial charge >= 0.3 is 96.9 Å². The van der Waals surface area contributed by atoms with Crippen molar-refractivity contribution in [3.8, 4) is 5.75 Å². The van der Waals surface area contributed by atoms with Crippen molar-refractivity contribution in [2.24, 2.45) is 0 Å². The number of carboxylic acids is 2. The van der Waals surface area contributed by atoms with Gasteiger partial charge in [0.2, 0.25) is 0 Å². The van der Waals surface area contributed by atoms with E-state index in [1.165, 1.54) is 24.3 Å². The van der Waals surface area contributed by atoms with Crippen LogP contribution in [0, 0.1) is 0 Å². The molecule has 21 heavy (non-hydrogen) atoms. The Morgan fingerprint density at radius 1 is 1.14 bits per heavy atom. The van der Waals surface area contributed by atoms with Crippen LogP contribution in [0.25, 0.3) is 0 Å². The number of carbonyl (C=O) groups excluding carboxylic acids is 1. The first-order chi connectivity index (χ1) is 8.81. The molecule has 0 fully saturated rings. The third-order valence-electron chi connectivity index (χ3n) is 1.91. The average molecular weight is 447 g/mol. The third kappa shape index (κ3) is 11.0. The molecule has 10 heteroatoms. The molecule has 0 aliphatic heterocycles. The van der Waals surface area contributed by atoms with Gasteiger partial charge in [0, 0.05) is 0 Å². The van der Waals surface area contributed by atoms with Crippen LogP contribution in [0.5, 0.6) is 5.75 Å². The summed E-state index contributed by atoms with van der Waals surface area (Å²) >= 11 is 0. The fraction of sp³-hybridized carbons (Fsp3) is 0.273. The van der Waals surface area contributed by atoms with E-state index >= 15 is 0 Å². The maximum Gasteiger partial charge on any atom is 2.00 e. The minimum Gasteiger partial charge on any atom is -0.872 e. The first-order valence-electron chi connectivity index (χ1n) is 4.98. The quantitative estimate of drug-likeness (QED) is 0.341. The minimum absolute atomic E-state index is 0. The molecule has 0 saturated carbocycles. The zero-order chi connectivity index (χ0) is 15.0. The van der Waals surface area contributed by atoms with E-state index in [2.05, 4.69) is 0 Å². The fourth-order valence-electron chi connectivity index (χ4n) is 0.900. The Balaban J connectivity index is -0.000000284. The fourth-order valence-corrected chi connectivity index (χ4v) is 0.900. The zero-order valence-electron chi connectivity index (χ0n) is 11.0. The third-order valence-corrected chi connectivity index (χ3v) is 1.91. The topological polar surface area (TPSA) is 161 Å². The average Bonchev–Trinajstić information content (AvgIpc) is 2.37. The van der Waals surface area contributed by atoms with E-state index in [1.54, 1.807) is 0 Å². The van der Waals surface area contributed by atoms with E-state index in [-0.39, 0.29) is 96.5 Å². The molecular formula is C11H12O8Sr2+2. The van der Waals surface area contributed by atoms with Crippen LogP contribution in [-0.4, -0.2) is 142 Å². The molecule has 0 bridgehead atoms. The van der Waals surface area contributed by atoms with Crippen LogP contribution in [-0.2, 0) is 4.79 Å². The number of rotatable bonds is 4. The number of aliphatic hydroxyl groups excluding tert-OH is 3. The molecule has 4 N–H and O–H groups in total. The first kappa shape index (κ1) is 26.7. The number of aliphatic carboxylic acids is 1. The standard InChI is InChI=1S/C7H6O3.C4H8O5.2Sr/c8-6-4-2-1-3-5(6)7(9)10;5-1-2(6)3(7)4(8)9;;/h1-4,8H,(H,9,10);2-3,5-7H,1H2,(H,8,9);;/q;;2*+2/p-2/t;2-,3+;;/m.0../s1. The molecule has 0 saturated heterocycles. The number of aliphatic hydroxyl groups is 3. The van der Waals surface area contributed by atoms with Crippen molar-refractivity contribution in [3.63, 3.8) is 0 Å². The molecule has 0 radical (unpaired) electrons. The molecule has 106 valence electrons. The Hall–Kier alpha value is 0.801. The van der Waals surface area contributed by atoms with Crippen LogP contribution < -0.4 is 10.2 Å². The number of aromatic carboxylic acids is 1. The van der Waals surface area contributed by atoms with Crippen molar-refractivity contribution in [1.29, 1.82) is 0 Å². The van der Waals surface area contributed by atoms with Gasteiger partial charge < -0.3 is 35.4 Å². The van der Waals surface area contributed by atoms with E-state index in [1.807, 2.05) is 0 Å². The van der Waals surface area contributed by atoms with Gasteiger partial charge in [-0.25, -0.2) is 4.79 Å². The summed E-state index contributed by atoms with van der Waals surface area (Å²) in [7, 11) is 0. The first-order valence-corrected chi connectivity index (χ1v) is 4.98. The summed E-state index contributed by atoms with van der Waals surface area (Å²) in [6.45, 7) is -0.796. The molecular weight excluding hydrogens is 435 g/mol. The Kier molecular flexibility index (Phi) is 18.3. The smallest absolute Gasteiger partial charge is 0.872 e. The van der Waals surface area contributed by atoms with Gasteiger partial charge in [0.25, 0.3) is 0 Å². The summed E-state index contributed by atoms with van der Waals surface area (Å²) in [6, 6.07) is 5.54. The summed E-state index contributed by atoms with van der Waals surface area (Å²) in [4.78, 5) is 19.9. The molecule has 0 amide bonds. The van der Waals surface area contributed by atoms with Crippen molar-refractivity contribution in [2.75, 3.05) is 6.61 Å². The molecule has 0 heterocycles. The summed E-state index contributed by atoms with van der Waals surface area (Å²) < 4.78 is 0. The Morgan fingerprint density at radius 3 is 1.86 bits per heavy atom. The maximum absolute atomic E-state index is 10.7. The summed E-state index contributed by atoms with van der Waals surface area (Å²) in [5.74, 6) is -3.42. The van der Waals surface area contributed by atoms with E-state index in [4.69, 9.17) is 20.4 Å². The summed E-state index contributed by atoms with van der Waals surface area (Å²) in [6.07, 6.45) is -3.66. The van der Waals surface area contributed by atoms with Crippen molar-refractivity contribution >= 4 is 103 Å². The number of para-hydroxylation sites is 1. The molecule has 0 aliphatic carbocycles. The number of benzene rings is 1. The van der Waals surface area contributed by atoms with Gasteiger partial charge in [0.15, 0.2) is 0 Å². The Bertz CT molecular complexity index is 440. The van der Waals surface area contributed by atoms with E-state index in [0.717, 1.165) is 0 Å². The monoisotopic (exact) mass is 448 g/mol.